The van der Waals surface area contributed by atoms with E-state index in [1.807, 2.05) is 19.1 Å². The normalized spacial score (nSPS) is 11.5. The third-order valence-corrected chi connectivity index (χ3v) is 4.52. The van der Waals surface area contributed by atoms with Gasteiger partial charge in [0.1, 0.15) is 0 Å². The maximum Gasteiger partial charge on any atom is 0.434 e. The molecule has 1 N–H and O–H groups in total. The Morgan fingerprint density at radius 1 is 1.07 bits per heavy atom. The first-order chi connectivity index (χ1) is 13.1. The van der Waals surface area contributed by atoms with Gasteiger partial charge in [-0.1, -0.05) is 29.3 Å². The van der Waals surface area contributed by atoms with Crippen molar-refractivity contribution in [3.8, 4) is 5.69 Å². The van der Waals surface area contributed by atoms with Crippen LogP contribution in [0.15, 0.2) is 42.6 Å². The van der Waals surface area contributed by atoms with Crippen molar-refractivity contribution in [3.63, 3.8) is 0 Å². The smallest absolute Gasteiger partial charge is 0.321 e. The summed E-state index contributed by atoms with van der Waals surface area (Å²) in [6.45, 7) is 5.48. The lowest BCUT2D eigenvalue weighted by atomic mass is 10.0. The number of nitrogens with one attached hydrogen (secondary N) is 1. The molecule has 0 atom stereocenters. The van der Waals surface area contributed by atoms with Gasteiger partial charge in [-0.25, -0.2) is 4.68 Å². The number of amides is 1. The predicted octanol–water partition coefficient (Wildman–Crippen LogP) is 5.72. The highest BCUT2D eigenvalue weighted by Gasteiger charge is 2.40. The van der Waals surface area contributed by atoms with E-state index < -0.39 is 23.3 Å². The molecule has 28 heavy (non-hydrogen) atoms. The predicted molar refractivity (Wildman–Crippen MR) is 102 cm³/mol. The maximum absolute atomic E-state index is 13.8. The molecule has 0 saturated carbocycles. The largest absolute Gasteiger partial charge is 0.434 e. The van der Waals surface area contributed by atoms with E-state index in [1.165, 1.54) is 24.3 Å². The molecule has 0 aliphatic heterocycles. The van der Waals surface area contributed by atoms with Crippen LogP contribution in [0.4, 0.5) is 18.9 Å². The van der Waals surface area contributed by atoms with Crippen LogP contribution < -0.4 is 5.32 Å². The number of carbonyl (C=O) groups excluding carboxylic acids is 1. The molecule has 2 aromatic carbocycles. The first kappa shape index (κ1) is 19.9. The number of alkyl halides is 3. The van der Waals surface area contributed by atoms with Gasteiger partial charge in [-0.2, -0.15) is 18.3 Å². The average Bonchev–Trinajstić information content (AvgIpc) is 3.04. The molecule has 0 aliphatic rings. The molecule has 0 aliphatic carbocycles. The van der Waals surface area contributed by atoms with Crippen molar-refractivity contribution in [1.29, 1.82) is 0 Å². The molecule has 0 saturated heterocycles. The fourth-order valence-electron chi connectivity index (χ4n) is 3.12. The summed E-state index contributed by atoms with van der Waals surface area (Å²) < 4.78 is 41.9. The summed E-state index contributed by atoms with van der Waals surface area (Å²) in [5.41, 5.74) is 1.48. The van der Waals surface area contributed by atoms with Crippen LogP contribution in [-0.2, 0) is 6.18 Å². The van der Waals surface area contributed by atoms with E-state index in [1.54, 1.807) is 13.8 Å². The molecule has 1 amide bonds. The summed E-state index contributed by atoms with van der Waals surface area (Å²) in [7, 11) is 0. The maximum atomic E-state index is 13.8. The highest BCUT2D eigenvalue weighted by molar-refractivity contribution is 6.30. The Morgan fingerprint density at radius 2 is 1.64 bits per heavy atom. The second-order valence-corrected chi connectivity index (χ2v) is 6.96. The number of rotatable bonds is 3. The number of benzene rings is 2. The Hall–Kier alpha value is -2.80. The molecule has 146 valence electrons. The molecule has 1 heterocycles. The van der Waals surface area contributed by atoms with Crippen LogP contribution in [0.2, 0.25) is 5.02 Å². The van der Waals surface area contributed by atoms with Crippen LogP contribution in [0.25, 0.3) is 5.69 Å². The Bertz CT molecular complexity index is 1020. The number of halogens is 4. The molecule has 0 unspecified atom stereocenters. The van der Waals surface area contributed by atoms with Gasteiger partial charge >= 0.3 is 6.18 Å². The van der Waals surface area contributed by atoms with E-state index in [4.69, 9.17) is 11.6 Å². The van der Waals surface area contributed by atoms with E-state index in [9.17, 15) is 18.0 Å². The summed E-state index contributed by atoms with van der Waals surface area (Å²) in [5.74, 6) is -0.873. The van der Waals surface area contributed by atoms with E-state index in [0.717, 1.165) is 22.9 Å². The lowest BCUT2D eigenvalue weighted by Crippen LogP contribution is -2.21. The SMILES string of the molecule is Cc1cc(C)c(NC(=O)c2cnn(-c3ccc(Cl)cc3)c2C(F)(F)F)c(C)c1. The van der Waals surface area contributed by atoms with Crippen molar-refractivity contribution in [2.45, 2.75) is 26.9 Å². The van der Waals surface area contributed by atoms with Crippen molar-refractivity contribution in [1.82, 2.24) is 9.78 Å². The minimum Gasteiger partial charge on any atom is -0.321 e. The van der Waals surface area contributed by atoms with Gasteiger partial charge in [0, 0.05) is 10.7 Å². The molecule has 0 spiro atoms. The molecule has 0 radical (unpaired) electrons. The molecule has 3 rings (SSSR count). The topological polar surface area (TPSA) is 46.9 Å². The zero-order valence-corrected chi connectivity index (χ0v) is 16.1. The second-order valence-electron chi connectivity index (χ2n) is 6.52. The summed E-state index contributed by atoms with van der Waals surface area (Å²) in [5, 5.41) is 6.77. The third kappa shape index (κ3) is 3.89. The highest BCUT2D eigenvalue weighted by Crippen LogP contribution is 2.34. The minimum atomic E-state index is -4.78. The molecule has 0 fully saturated rings. The van der Waals surface area contributed by atoms with Gasteiger partial charge < -0.3 is 5.32 Å². The number of hydrogen-bond donors (Lipinski definition) is 1. The van der Waals surface area contributed by atoms with Crippen LogP contribution in [0.3, 0.4) is 0 Å². The fourth-order valence-corrected chi connectivity index (χ4v) is 3.25. The zero-order valence-electron chi connectivity index (χ0n) is 15.4. The third-order valence-electron chi connectivity index (χ3n) is 4.27. The number of aromatic nitrogens is 2. The van der Waals surface area contributed by atoms with Gasteiger partial charge in [-0.05, 0) is 56.2 Å². The summed E-state index contributed by atoms with van der Waals surface area (Å²) in [4.78, 5) is 12.7. The lowest BCUT2D eigenvalue weighted by Gasteiger charge is -2.15. The van der Waals surface area contributed by atoms with Gasteiger partial charge in [-0.15, -0.1) is 0 Å². The number of carbonyl (C=O) groups is 1. The number of hydrogen-bond acceptors (Lipinski definition) is 2. The van der Waals surface area contributed by atoms with Gasteiger partial charge in [0.2, 0.25) is 0 Å². The molecule has 4 nitrogen and oxygen atoms in total. The van der Waals surface area contributed by atoms with E-state index in [-0.39, 0.29) is 5.69 Å². The standard InChI is InChI=1S/C20H17ClF3N3O/c1-11-8-12(2)17(13(3)9-11)26-19(28)16-10-25-27(18(16)20(22,23)24)15-6-4-14(21)5-7-15/h4-10H,1-3H3,(H,26,28). The van der Waals surface area contributed by atoms with Crippen molar-refractivity contribution >= 4 is 23.2 Å². The van der Waals surface area contributed by atoms with Crippen LogP contribution >= 0.6 is 11.6 Å². The summed E-state index contributed by atoms with van der Waals surface area (Å²) >= 11 is 5.80. The molecule has 1 aromatic heterocycles. The Kier molecular flexibility index (Phi) is 5.21. The Balaban J connectivity index is 2.05. The molecular weight excluding hydrogens is 391 g/mol. The van der Waals surface area contributed by atoms with Gasteiger partial charge in [0.15, 0.2) is 5.69 Å². The van der Waals surface area contributed by atoms with Crippen LogP contribution in [0.1, 0.15) is 32.7 Å². The van der Waals surface area contributed by atoms with Crippen LogP contribution in [0.5, 0.6) is 0 Å². The first-order valence-electron chi connectivity index (χ1n) is 8.38. The number of aryl methyl sites for hydroxylation is 3. The monoisotopic (exact) mass is 407 g/mol. The zero-order chi connectivity index (χ0) is 20.6. The van der Waals surface area contributed by atoms with E-state index in [2.05, 4.69) is 10.4 Å². The lowest BCUT2D eigenvalue weighted by molar-refractivity contribution is -0.143. The Labute approximate surface area is 164 Å². The van der Waals surface area contributed by atoms with Gasteiger partial charge in [0.25, 0.3) is 5.91 Å². The minimum absolute atomic E-state index is 0.151. The Morgan fingerprint density at radius 3 is 2.18 bits per heavy atom. The van der Waals surface area contributed by atoms with Gasteiger partial charge in [0.05, 0.1) is 17.4 Å². The second kappa shape index (κ2) is 7.31. The highest BCUT2D eigenvalue weighted by atomic mass is 35.5. The number of anilines is 1. The first-order valence-corrected chi connectivity index (χ1v) is 8.76. The van der Waals surface area contributed by atoms with Crippen LogP contribution in [0, 0.1) is 20.8 Å². The number of nitrogens with zero attached hydrogens (tertiary/aromatic N) is 2. The fraction of sp³-hybridized carbons (Fsp3) is 0.200. The molecule has 8 heteroatoms. The van der Waals surface area contributed by atoms with Crippen molar-refractivity contribution in [2.75, 3.05) is 5.32 Å². The summed E-state index contributed by atoms with van der Waals surface area (Å²) in [6.07, 6.45) is -3.86. The van der Waals surface area contributed by atoms with Crippen LogP contribution in [-0.4, -0.2) is 15.7 Å². The van der Waals surface area contributed by atoms with Crippen molar-refractivity contribution < 1.29 is 18.0 Å². The summed E-state index contributed by atoms with van der Waals surface area (Å²) in [6, 6.07) is 9.42. The molecular formula is C20H17ClF3N3O. The van der Waals surface area contributed by atoms with E-state index in [0.29, 0.717) is 15.4 Å². The molecule has 0 bridgehead atoms. The van der Waals surface area contributed by atoms with Crippen molar-refractivity contribution in [3.05, 3.63) is 75.6 Å². The average molecular weight is 408 g/mol. The van der Waals surface area contributed by atoms with Crippen molar-refractivity contribution in [2.24, 2.45) is 0 Å². The van der Waals surface area contributed by atoms with E-state index >= 15 is 0 Å². The van der Waals surface area contributed by atoms with Gasteiger partial charge in [-0.3, -0.25) is 4.79 Å². The molecule has 3 aromatic rings. The quantitative estimate of drug-likeness (QED) is 0.603.